The first kappa shape index (κ1) is 13.9. The molecule has 3 nitrogen and oxygen atoms in total. The molecule has 104 valence electrons. The lowest BCUT2D eigenvalue weighted by atomic mass is 9.76. The number of carbonyl (C=O) groups excluding carboxylic acids is 1. The first-order valence-corrected chi connectivity index (χ1v) is 7.57. The molecule has 0 aromatic heterocycles. The summed E-state index contributed by atoms with van der Waals surface area (Å²) in [7, 11) is 0. The highest BCUT2D eigenvalue weighted by Crippen LogP contribution is 2.32. The number of likely N-dealkylation sites (tertiary alicyclic amines) is 1. The van der Waals surface area contributed by atoms with Crippen molar-refractivity contribution in [3.05, 3.63) is 0 Å². The molecule has 0 aromatic rings. The summed E-state index contributed by atoms with van der Waals surface area (Å²) in [6.45, 7) is 9.62. The van der Waals surface area contributed by atoms with Crippen LogP contribution in [0, 0.1) is 11.3 Å². The van der Waals surface area contributed by atoms with Gasteiger partial charge < -0.3 is 10.2 Å². The van der Waals surface area contributed by atoms with Gasteiger partial charge in [0.15, 0.2) is 0 Å². The van der Waals surface area contributed by atoms with Crippen LogP contribution in [0.5, 0.6) is 0 Å². The van der Waals surface area contributed by atoms with E-state index in [9.17, 15) is 4.79 Å². The van der Waals surface area contributed by atoms with Gasteiger partial charge in [-0.05, 0) is 43.6 Å². The Hall–Kier alpha value is -0.570. The minimum Gasteiger partial charge on any atom is -0.341 e. The van der Waals surface area contributed by atoms with Gasteiger partial charge in [-0.25, -0.2) is 0 Å². The normalized spacial score (nSPS) is 32.3. The molecule has 0 aliphatic carbocycles. The van der Waals surface area contributed by atoms with Gasteiger partial charge in [-0.2, -0.15) is 0 Å². The molecule has 0 spiro atoms. The van der Waals surface area contributed by atoms with E-state index in [0.29, 0.717) is 5.91 Å². The van der Waals surface area contributed by atoms with Crippen molar-refractivity contribution in [2.75, 3.05) is 19.6 Å². The van der Waals surface area contributed by atoms with Crippen molar-refractivity contribution >= 4 is 5.91 Å². The van der Waals surface area contributed by atoms with Crippen molar-refractivity contribution in [3.8, 4) is 0 Å². The van der Waals surface area contributed by atoms with Crippen LogP contribution in [0.4, 0.5) is 0 Å². The number of hydrogen-bond donors (Lipinski definition) is 1. The fourth-order valence-corrected chi connectivity index (χ4v) is 3.41. The lowest BCUT2D eigenvalue weighted by Crippen LogP contribution is -2.57. The van der Waals surface area contributed by atoms with Crippen LogP contribution < -0.4 is 5.32 Å². The molecule has 0 saturated carbocycles. The molecular weight excluding hydrogens is 224 g/mol. The zero-order valence-electron chi connectivity index (χ0n) is 12.2. The smallest absolute Gasteiger partial charge is 0.240 e. The van der Waals surface area contributed by atoms with Crippen molar-refractivity contribution in [3.63, 3.8) is 0 Å². The average molecular weight is 252 g/mol. The van der Waals surface area contributed by atoms with Gasteiger partial charge in [-0.3, -0.25) is 4.79 Å². The number of nitrogens with zero attached hydrogens (tertiary/aromatic N) is 1. The van der Waals surface area contributed by atoms with Gasteiger partial charge in [-0.15, -0.1) is 0 Å². The van der Waals surface area contributed by atoms with E-state index in [1.54, 1.807) is 0 Å². The Morgan fingerprint density at radius 1 is 1.39 bits per heavy atom. The fourth-order valence-electron chi connectivity index (χ4n) is 3.41. The van der Waals surface area contributed by atoms with E-state index in [-0.39, 0.29) is 11.5 Å². The number of nitrogens with one attached hydrogen (secondary N) is 1. The Labute approximate surface area is 111 Å². The number of amides is 1. The first-order valence-electron chi connectivity index (χ1n) is 7.57. The van der Waals surface area contributed by atoms with Crippen LogP contribution >= 0.6 is 0 Å². The van der Waals surface area contributed by atoms with Crippen molar-refractivity contribution in [1.82, 2.24) is 10.2 Å². The van der Waals surface area contributed by atoms with Gasteiger partial charge in [0.2, 0.25) is 5.91 Å². The van der Waals surface area contributed by atoms with Gasteiger partial charge in [0.25, 0.3) is 0 Å². The predicted molar refractivity (Wildman–Crippen MR) is 74.4 cm³/mol. The molecule has 2 aliphatic heterocycles. The topological polar surface area (TPSA) is 32.3 Å². The van der Waals surface area contributed by atoms with Gasteiger partial charge >= 0.3 is 0 Å². The van der Waals surface area contributed by atoms with E-state index < -0.39 is 0 Å². The van der Waals surface area contributed by atoms with E-state index in [2.05, 4.69) is 31.0 Å². The van der Waals surface area contributed by atoms with Crippen molar-refractivity contribution in [2.45, 2.75) is 58.9 Å². The molecule has 3 heteroatoms. The maximum atomic E-state index is 12.7. The lowest BCUT2D eigenvalue weighted by molar-refractivity contribution is -0.139. The van der Waals surface area contributed by atoms with Gasteiger partial charge in [0.1, 0.15) is 0 Å². The van der Waals surface area contributed by atoms with Gasteiger partial charge in [0, 0.05) is 13.1 Å². The third-order valence-electron chi connectivity index (χ3n) is 4.78. The predicted octanol–water partition coefficient (Wildman–Crippen LogP) is 2.41. The van der Waals surface area contributed by atoms with Crippen LogP contribution in [0.25, 0.3) is 0 Å². The highest BCUT2D eigenvalue weighted by molar-refractivity contribution is 5.83. The standard InChI is InChI=1S/C15H28N2O/c1-4-12-7-5-10-17(11-12)14(18)13-15(2,3)8-6-9-16-13/h12-13,16H,4-11H2,1-3H3. The lowest BCUT2D eigenvalue weighted by Gasteiger charge is -2.42. The summed E-state index contributed by atoms with van der Waals surface area (Å²) in [6, 6.07) is 0.0295. The van der Waals surface area contributed by atoms with Crippen molar-refractivity contribution in [1.29, 1.82) is 0 Å². The van der Waals surface area contributed by atoms with E-state index >= 15 is 0 Å². The molecule has 2 atom stereocenters. The minimum atomic E-state index is 0.0295. The summed E-state index contributed by atoms with van der Waals surface area (Å²) in [5, 5.41) is 3.45. The molecule has 2 rings (SSSR count). The molecule has 1 amide bonds. The van der Waals surface area contributed by atoms with Crippen LogP contribution in [0.1, 0.15) is 52.9 Å². The van der Waals surface area contributed by atoms with Crippen LogP contribution in [0.3, 0.4) is 0 Å². The third-order valence-corrected chi connectivity index (χ3v) is 4.78. The third kappa shape index (κ3) is 2.87. The van der Waals surface area contributed by atoms with Crippen molar-refractivity contribution < 1.29 is 4.79 Å². The Balaban J connectivity index is 2.01. The number of rotatable bonds is 2. The molecule has 18 heavy (non-hydrogen) atoms. The zero-order valence-corrected chi connectivity index (χ0v) is 12.2. The van der Waals surface area contributed by atoms with Crippen molar-refractivity contribution in [2.24, 2.45) is 11.3 Å². The number of carbonyl (C=O) groups is 1. The minimum absolute atomic E-state index is 0.0295. The molecule has 0 aromatic carbocycles. The monoisotopic (exact) mass is 252 g/mol. The molecule has 0 bridgehead atoms. The highest BCUT2D eigenvalue weighted by atomic mass is 16.2. The molecule has 0 radical (unpaired) electrons. The van der Waals surface area contributed by atoms with Gasteiger partial charge in [-0.1, -0.05) is 27.2 Å². The summed E-state index contributed by atoms with van der Waals surface area (Å²) in [4.78, 5) is 14.8. The molecule has 2 unspecified atom stereocenters. The van der Waals surface area contributed by atoms with Crippen LogP contribution in [0.2, 0.25) is 0 Å². The van der Waals surface area contributed by atoms with Crippen LogP contribution in [-0.2, 0) is 4.79 Å². The summed E-state index contributed by atoms with van der Waals surface area (Å²) in [5.41, 5.74) is 0.106. The Bertz CT molecular complexity index is 301. The quantitative estimate of drug-likeness (QED) is 0.818. The highest BCUT2D eigenvalue weighted by Gasteiger charge is 2.39. The second kappa shape index (κ2) is 5.60. The second-order valence-corrected chi connectivity index (χ2v) is 6.68. The SMILES string of the molecule is CCC1CCCN(C(=O)C2NCCCC2(C)C)C1. The van der Waals surface area contributed by atoms with E-state index in [4.69, 9.17) is 0 Å². The molecule has 1 N–H and O–H groups in total. The van der Waals surface area contributed by atoms with E-state index in [1.165, 1.54) is 25.7 Å². The first-order chi connectivity index (χ1) is 8.54. The van der Waals surface area contributed by atoms with Gasteiger partial charge in [0.05, 0.1) is 6.04 Å². The summed E-state index contributed by atoms with van der Waals surface area (Å²) in [5.74, 6) is 1.06. The molecular formula is C15H28N2O. The Morgan fingerprint density at radius 3 is 2.83 bits per heavy atom. The van der Waals surface area contributed by atoms with Crippen LogP contribution in [-0.4, -0.2) is 36.5 Å². The summed E-state index contributed by atoms with van der Waals surface area (Å²) < 4.78 is 0. The van der Waals surface area contributed by atoms with E-state index in [1.807, 2.05) is 0 Å². The molecule has 2 heterocycles. The largest absolute Gasteiger partial charge is 0.341 e. The van der Waals surface area contributed by atoms with Crippen LogP contribution in [0.15, 0.2) is 0 Å². The number of piperidine rings is 2. The Morgan fingerprint density at radius 2 is 2.17 bits per heavy atom. The molecule has 2 aliphatic rings. The average Bonchev–Trinajstić information content (AvgIpc) is 2.37. The van der Waals surface area contributed by atoms with E-state index in [0.717, 1.165) is 32.0 Å². The maximum Gasteiger partial charge on any atom is 0.240 e. The second-order valence-electron chi connectivity index (χ2n) is 6.68. The number of hydrogen-bond acceptors (Lipinski definition) is 2. The zero-order chi connectivity index (χ0) is 13.2. The maximum absolute atomic E-state index is 12.7. The summed E-state index contributed by atoms with van der Waals surface area (Å²) in [6.07, 6.45) is 6.01. The molecule has 2 saturated heterocycles. The Kier molecular flexibility index (Phi) is 4.31. The molecule has 2 fully saturated rings. The summed E-state index contributed by atoms with van der Waals surface area (Å²) >= 11 is 0. The fraction of sp³-hybridized carbons (Fsp3) is 0.933.